The Balaban J connectivity index is 1.88. The number of nitrogens with one attached hydrogen (secondary N) is 2. The highest BCUT2D eigenvalue weighted by Crippen LogP contribution is 2.08. The molecule has 0 aliphatic carbocycles. The molecule has 0 radical (unpaired) electrons. The second kappa shape index (κ2) is 5.62. The van der Waals surface area contributed by atoms with Crippen molar-refractivity contribution in [2.24, 2.45) is 0 Å². The summed E-state index contributed by atoms with van der Waals surface area (Å²) in [6.07, 6.45) is 1.41. The van der Waals surface area contributed by atoms with Crippen molar-refractivity contribution in [2.45, 2.75) is 0 Å². The SMILES string of the molecule is O=C(COc1ccccc1)Nc1cc[nH]c(=O)n1. The summed E-state index contributed by atoms with van der Waals surface area (Å²) in [5.74, 6) is 0.420. The Morgan fingerprint density at radius 2 is 2.06 bits per heavy atom. The van der Waals surface area contributed by atoms with Gasteiger partial charge in [-0.15, -0.1) is 0 Å². The molecular formula is C12H11N3O3. The number of carbonyl (C=O) groups excluding carboxylic acids is 1. The maximum absolute atomic E-state index is 11.5. The summed E-state index contributed by atoms with van der Waals surface area (Å²) in [7, 11) is 0. The number of H-pyrrole nitrogens is 1. The number of nitrogens with zero attached hydrogens (tertiary/aromatic N) is 1. The average molecular weight is 245 g/mol. The van der Waals surface area contributed by atoms with Gasteiger partial charge in [-0.1, -0.05) is 18.2 Å². The van der Waals surface area contributed by atoms with E-state index in [1.54, 1.807) is 12.1 Å². The Morgan fingerprint density at radius 3 is 2.78 bits per heavy atom. The first-order valence-electron chi connectivity index (χ1n) is 5.27. The second-order valence-electron chi connectivity index (χ2n) is 3.43. The number of benzene rings is 1. The molecule has 2 aromatic rings. The average Bonchev–Trinajstić information content (AvgIpc) is 2.38. The van der Waals surface area contributed by atoms with Gasteiger partial charge in [0, 0.05) is 6.20 Å². The number of amides is 1. The van der Waals surface area contributed by atoms with E-state index in [1.807, 2.05) is 18.2 Å². The molecule has 2 rings (SSSR count). The normalized spacial score (nSPS) is 9.78. The summed E-state index contributed by atoms with van der Waals surface area (Å²) >= 11 is 0. The van der Waals surface area contributed by atoms with Crippen LogP contribution in [0.5, 0.6) is 5.75 Å². The van der Waals surface area contributed by atoms with Crippen LogP contribution in [-0.4, -0.2) is 22.5 Å². The second-order valence-corrected chi connectivity index (χ2v) is 3.43. The maximum Gasteiger partial charge on any atom is 0.346 e. The summed E-state index contributed by atoms with van der Waals surface area (Å²) < 4.78 is 5.24. The molecule has 0 saturated carbocycles. The van der Waals surface area contributed by atoms with Crippen LogP contribution in [0.3, 0.4) is 0 Å². The van der Waals surface area contributed by atoms with E-state index in [0.29, 0.717) is 5.75 Å². The van der Waals surface area contributed by atoms with Gasteiger partial charge in [0.2, 0.25) is 0 Å². The van der Waals surface area contributed by atoms with E-state index in [0.717, 1.165) is 0 Å². The summed E-state index contributed by atoms with van der Waals surface area (Å²) in [5.41, 5.74) is -0.517. The van der Waals surface area contributed by atoms with E-state index in [-0.39, 0.29) is 18.3 Å². The summed E-state index contributed by atoms with van der Waals surface area (Å²) in [6, 6.07) is 10.5. The fourth-order valence-electron chi connectivity index (χ4n) is 1.28. The molecule has 0 aliphatic heterocycles. The quantitative estimate of drug-likeness (QED) is 0.834. The molecule has 1 amide bonds. The zero-order chi connectivity index (χ0) is 12.8. The number of ether oxygens (including phenoxy) is 1. The van der Waals surface area contributed by atoms with Crippen LogP contribution in [0.2, 0.25) is 0 Å². The molecule has 1 aromatic carbocycles. The molecule has 1 aromatic heterocycles. The van der Waals surface area contributed by atoms with Gasteiger partial charge in [-0.2, -0.15) is 4.98 Å². The summed E-state index contributed by atoms with van der Waals surface area (Å²) in [5, 5.41) is 2.46. The van der Waals surface area contributed by atoms with Gasteiger partial charge in [0.1, 0.15) is 11.6 Å². The molecule has 0 atom stereocenters. The highest BCUT2D eigenvalue weighted by molar-refractivity contribution is 5.90. The molecule has 0 unspecified atom stereocenters. The molecular weight excluding hydrogens is 234 g/mol. The number of hydrogen-bond acceptors (Lipinski definition) is 4. The Labute approximate surface area is 103 Å². The largest absolute Gasteiger partial charge is 0.484 e. The van der Waals surface area contributed by atoms with Gasteiger partial charge >= 0.3 is 5.69 Å². The van der Waals surface area contributed by atoms with Gasteiger partial charge in [0.05, 0.1) is 0 Å². The molecule has 0 bridgehead atoms. The summed E-state index contributed by atoms with van der Waals surface area (Å²) in [6.45, 7) is -0.140. The van der Waals surface area contributed by atoms with Crippen molar-refractivity contribution in [3.8, 4) is 5.75 Å². The standard InChI is InChI=1S/C12H11N3O3/c16-11(8-18-9-4-2-1-3-5-9)14-10-6-7-13-12(17)15-10/h1-7H,8H2,(H2,13,14,15,16,17). The molecule has 18 heavy (non-hydrogen) atoms. The van der Waals surface area contributed by atoms with Crippen LogP contribution in [0.25, 0.3) is 0 Å². The van der Waals surface area contributed by atoms with Crippen molar-refractivity contribution in [1.82, 2.24) is 9.97 Å². The topological polar surface area (TPSA) is 84.1 Å². The molecule has 0 aliphatic rings. The van der Waals surface area contributed by atoms with E-state index >= 15 is 0 Å². The number of hydrogen-bond donors (Lipinski definition) is 2. The number of aromatic nitrogens is 2. The van der Waals surface area contributed by atoms with Crippen LogP contribution in [0.1, 0.15) is 0 Å². The van der Waals surface area contributed by atoms with Crippen LogP contribution in [-0.2, 0) is 4.79 Å². The Morgan fingerprint density at radius 1 is 1.28 bits per heavy atom. The van der Waals surface area contributed by atoms with Gasteiger partial charge in [0.15, 0.2) is 6.61 Å². The smallest absolute Gasteiger partial charge is 0.346 e. The molecule has 6 nitrogen and oxygen atoms in total. The highest BCUT2D eigenvalue weighted by Gasteiger charge is 2.04. The van der Waals surface area contributed by atoms with Gasteiger partial charge in [0.25, 0.3) is 5.91 Å². The molecule has 92 valence electrons. The molecule has 0 saturated heterocycles. The predicted octanol–water partition coefficient (Wildman–Crippen LogP) is 0.787. The fraction of sp³-hybridized carbons (Fsp3) is 0.0833. The van der Waals surface area contributed by atoms with E-state index in [2.05, 4.69) is 15.3 Å². The number of anilines is 1. The predicted molar refractivity (Wildman–Crippen MR) is 65.4 cm³/mol. The van der Waals surface area contributed by atoms with Gasteiger partial charge in [-0.25, -0.2) is 4.79 Å². The van der Waals surface area contributed by atoms with E-state index in [4.69, 9.17) is 4.74 Å². The van der Waals surface area contributed by atoms with Crippen LogP contribution >= 0.6 is 0 Å². The van der Waals surface area contributed by atoms with Crippen molar-refractivity contribution in [2.75, 3.05) is 11.9 Å². The van der Waals surface area contributed by atoms with Crippen molar-refractivity contribution >= 4 is 11.7 Å². The fourth-order valence-corrected chi connectivity index (χ4v) is 1.28. The molecule has 6 heteroatoms. The third kappa shape index (κ3) is 3.44. The van der Waals surface area contributed by atoms with E-state index in [9.17, 15) is 9.59 Å². The first-order valence-corrected chi connectivity index (χ1v) is 5.27. The zero-order valence-corrected chi connectivity index (χ0v) is 9.42. The molecule has 2 N–H and O–H groups in total. The lowest BCUT2D eigenvalue weighted by Crippen LogP contribution is -2.22. The first kappa shape index (κ1) is 11.8. The summed E-state index contributed by atoms with van der Waals surface area (Å²) in [4.78, 5) is 28.3. The lowest BCUT2D eigenvalue weighted by molar-refractivity contribution is -0.118. The molecule has 0 fully saturated rings. The molecule has 1 heterocycles. The van der Waals surface area contributed by atoms with Crippen LogP contribution < -0.4 is 15.7 Å². The molecule has 0 spiro atoms. The van der Waals surface area contributed by atoms with Crippen molar-refractivity contribution in [3.05, 3.63) is 53.1 Å². The maximum atomic E-state index is 11.5. The Bertz CT molecular complexity index is 580. The van der Waals surface area contributed by atoms with E-state index < -0.39 is 5.69 Å². The van der Waals surface area contributed by atoms with Gasteiger partial charge < -0.3 is 15.0 Å². The minimum Gasteiger partial charge on any atom is -0.484 e. The Hall–Kier alpha value is -2.63. The van der Waals surface area contributed by atoms with Crippen LogP contribution in [0.4, 0.5) is 5.82 Å². The van der Waals surface area contributed by atoms with Crippen molar-refractivity contribution < 1.29 is 9.53 Å². The lowest BCUT2D eigenvalue weighted by atomic mass is 10.3. The van der Waals surface area contributed by atoms with Crippen LogP contribution in [0, 0.1) is 0 Å². The number of para-hydroxylation sites is 1. The minimum absolute atomic E-state index is 0.140. The van der Waals surface area contributed by atoms with Crippen molar-refractivity contribution in [1.29, 1.82) is 0 Å². The number of carbonyl (C=O) groups is 1. The first-order chi connectivity index (χ1) is 8.74. The van der Waals surface area contributed by atoms with Gasteiger partial charge in [-0.05, 0) is 18.2 Å². The monoisotopic (exact) mass is 245 g/mol. The van der Waals surface area contributed by atoms with Crippen LogP contribution in [0.15, 0.2) is 47.4 Å². The highest BCUT2D eigenvalue weighted by atomic mass is 16.5. The Kier molecular flexibility index (Phi) is 3.70. The third-order valence-electron chi connectivity index (χ3n) is 2.05. The number of aromatic amines is 1. The van der Waals surface area contributed by atoms with Gasteiger partial charge in [-0.3, -0.25) is 4.79 Å². The minimum atomic E-state index is -0.517. The lowest BCUT2D eigenvalue weighted by Gasteiger charge is -2.06. The van der Waals surface area contributed by atoms with Crippen molar-refractivity contribution in [3.63, 3.8) is 0 Å². The van der Waals surface area contributed by atoms with E-state index in [1.165, 1.54) is 12.3 Å². The third-order valence-corrected chi connectivity index (χ3v) is 2.05. The zero-order valence-electron chi connectivity index (χ0n) is 9.42. The number of rotatable bonds is 4.